The minimum absolute atomic E-state index is 0.0994. The molecule has 0 amide bonds. The number of Topliss-reactive ketones (excluding diaryl/α,β-unsaturated/α-hetero) is 1. The van der Waals surface area contributed by atoms with Gasteiger partial charge in [-0.1, -0.05) is 30.3 Å². The van der Waals surface area contributed by atoms with Gasteiger partial charge in [0.05, 0.1) is 10.6 Å². The number of aryl methyl sites for hydroxylation is 1. The normalized spacial score (nSPS) is 11.5. The summed E-state index contributed by atoms with van der Waals surface area (Å²) in [5, 5.41) is 0. The Kier molecular flexibility index (Phi) is 4.68. The van der Waals surface area contributed by atoms with Crippen LogP contribution in [0.3, 0.4) is 0 Å². The van der Waals surface area contributed by atoms with Crippen LogP contribution >= 0.6 is 0 Å². The summed E-state index contributed by atoms with van der Waals surface area (Å²) in [6.07, 6.45) is 3.89. The third-order valence-corrected chi connectivity index (χ3v) is 6.08. The number of benzene rings is 2. The Morgan fingerprint density at radius 1 is 1.00 bits per heavy atom. The molecule has 0 bridgehead atoms. The predicted octanol–water partition coefficient (Wildman–Crippen LogP) is 4.31. The van der Waals surface area contributed by atoms with Crippen LogP contribution in [0.15, 0.2) is 78.0 Å². The van der Waals surface area contributed by atoms with E-state index in [1.165, 1.54) is 31.2 Å². The summed E-state index contributed by atoms with van der Waals surface area (Å²) in [7, 11) is -3.74. The Bertz CT molecular complexity index is 1310. The lowest BCUT2D eigenvalue weighted by molar-refractivity contribution is 0.101. The van der Waals surface area contributed by atoms with E-state index >= 15 is 0 Å². The molecular formula is C22H19N3O3S. The molecule has 7 heteroatoms. The molecular weight excluding hydrogens is 386 g/mol. The minimum Gasteiger partial charge on any atom is -0.306 e. The molecule has 2 heterocycles. The molecule has 0 aliphatic heterocycles. The lowest BCUT2D eigenvalue weighted by atomic mass is 10.1. The van der Waals surface area contributed by atoms with Gasteiger partial charge in [-0.3, -0.25) is 9.52 Å². The first-order chi connectivity index (χ1) is 13.8. The van der Waals surface area contributed by atoms with E-state index in [0.29, 0.717) is 11.3 Å². The van der Waals surface area contributed by atoms with Gasteiger partial charge in [-0.25, -0.2) is 13.4 Å². The maximum atomic E-state index is 12.6. The van der Waals surface area contributed by atoms with Crippen LogP contribution in [0.2, 0.25) is 0 Å². The highest BCUT2D eigenvalue weighted by molar-refractivity contribution is 7.92. The molecule has 0 aliphatic carbocycles. The second-order valence-corrected chi connectivity index (χ2v) is 8.49. The molecule has 6 nitrogen and oxygen atoms in total. The number of aromatic nitrogens is 2. The van der Waals surface area contributed by atoms with Crippen LogP contribution in [-0.4, -0.2) is 23.6 Å². The third kappa shape index (κ3) is 3.77. The largest absolute Gasteiger partial charge is 0.306 e. The number of nitrogens with one attached hydrogen (secondary N) is 1. The van der Waals surface area contributed by atoms with Crippen molar-refractivity contribution in [2.24, 2.45) is 0 Å². The summed E-state index contributed by atoms with van der Waals surface area (Å²) in [5.41, 5.74) is 4.59. The fourth-order valence-corrected chi connectivity index (χ4v) is 4.14. The maximum Gasteiger partial charge on any atom is 0.261 e. The van der Waals surface area contributed by atoms with E-state index in [1.54, 1.807) is 12.1 Å². The van der Waals surface area contributed by atoms with Gasteiger partial charge in [0.25, 0.3) is 10.0 Å². The molecule has 1 N–H and O–H groups in total. The zero-order valence-electron chi connectivity index (χ0n) is 16.0. The van der Waals surface area contributed by atoms with Crippen molar-refractivity contribution in [3.8, 4) is 11.3 Å². The van der Waals surface area contributed by atoms with Crippen molar-refractivity contribution < 1.29 is 13.2 Å². The van der Waals surface area contributed by atoms with E-state index in [2.05, 4.69) is 9.71 Å². The lowest BCUT2D eigenvalue weighted by Gasteiger charge is -2.09. The third-order valence-electron chi connectivity index (χ3n) is 4.68. The van der Waals surface area contributed by atoms with Crippen LogP contribution < -0.4 is 4.72 Å². The lowest BCUT2D eigenvalue weighted by Crippen LogP contribution is -2.13. The van der Waals surface area contributed by atoms with E-state index in [0.717, 1.165) is 22.5 Å². The van der Waals surface area contributed by atoms with Crippen LogP contribution in [0.1, 0.15) is 22.8 Å². The van der Waals surface area contributed by atoms with E-state index < -0.39 is 10.0 Å². The van der Waals surface area contributed by atoms with E-state index in [9.17, 15) is 13.2 Å². The number of hydrogen-bond acceptors (Lipinski definition) is 4. The molecule has 0 fully saturated rings. The number of hydrogen-bond donors (Lipinski definition) is 1. The molecule has 2 aromatic carbocycles. The Labute approximate surface area is 168 Å². The molecule has 0 radical (unpaired) electrons. The van der Waals surface area contributed by atoms with Crippen LogP contribution in [0.4, 0.5) is 5.69 Å². The Morgan fingerprint density at radius 3 is 2.31 bits per heavy atom. The maximum absolute atomic E-state index is 12.6. The highest BCUT2D eigenvalue weighted by Crippen LogP contribution is 2.24. The molecule has 0 spiro atoms. The standard InChI is InChI=1S/C22H19N3O3S/c1-15-4-3-13-25-14-21(23-22(15)25)18-5-9-19(10-6-18)24-29(27,28)20-11-7-17(8-12-20)16(2)26/h3-14,24H,1-2H3. The SMILES string of the molecule is CC(=O)c1ccc(S(=O)(=O)Nc2ccc(-c3cn4cccc(C)c4n3)cc2)cc1. The van der Waals surface area contributed by atoms with Crippen molar-refractivity contribution in [3.05, 3.63) is 84.2 Å². The Hall–Kier alpha value is -3.45. The quantitative estimate of drug-likeness (QED) is 0.502. The fraction of sp³-hybridized carbons (Fsp3) is 0.0909. The fourth-order valence-electron chi connectivity index (χ4n) is 3.08. The average Bonchev–Trinajstić information content (AvgIpc) is 3.14. The topological polar surface area (TPSA) is 80.5 Å². The summed E-state index contributed by atoms with van der Waals surface area (Å²) < 4.78 is 29.7. The Balaban J connectivity index is 1.57. The van der Waals surface area contributed by atoms with Gasteiger partial charge in [0.1, 0.15) is 5.65 Å². The number of carbonyl (C=O) groups is 1. The first-order valence-corrected chi connectivity index (χ1v) is 10.5. The van der Waals surface area contributed by atoms with Crippen molar-refractivity contribution in [1.82, 2.24) is 9.38 Å². The van der Waals surface area contributed by atoms with Crippen LogP contribution in [0.25, 0.3) is 16.9 Å². The van der Waals surface area contributed by atoms with Crippen molar-refractivity contribution in [1.29, 1.82) is 0 Å². The van der Waals surface area contributed by atoms with Crippen molar-refractivity contribution in [2.45, 2.75) is 18.7 Å². The van der Waals surface area contributed by atoms with E-state index in [4.69, 9.17) is 0 Å². The van der Waals surface area contributed by atoms with Crippen molar-refractivity contribution >= 4 is 27.1 Å². The molecule has 29 heavy (non-hydrogen) atoms. The van der Waals surface area contributed by atoms with Gasteiger partial charge in [0, 0.05) is 29.2 Å². The Morgan fingerprint density at radius 2 is 1.69 bits per heavy atom. The average molecular weight is 405 g/mol. The van der Waals surface area contributed by atoms with Gasteiger partial charge in [0.2, 0.25) is 0 Å². The number of carbonyl (C=O) groups excluding carboxylic acids is 1. The summed E-state index contributed by atoms with van der Waals surface area (Å²) in [6, 6.07) is 16.9. The molecule has 0 aliphatic rings. The summed E-state index contributed by atoms with van der Waals surface area (Å²) in [6.45, 7) is 3.45. The van der Waals surface area contributed by atoms with E-state index in [-0.39, 0.29) is 10.7 Å². The minimum atomic E-state index is -3.74. The smallest absolute Gasteiger partial charge is 0.261 e. The monoisotopic (exact) mass is 405 g/mol. The predicted molar refractivity (Wildman–Crippen MR) is 113 cm³/mol. The summed E-state index contributed by atoms with van der Waals surface area (Å²) >= 11 is 0. The first kappa shape index (κ1) is 18.9. The summed E-state index contributed by atoms with van der Waals surface area (Å²) in [5.74, 6) is -0.111. The second kappa shape index (κ2) is 7.18. The van der Waals surface area contributed by atoms with Crippen molar-refractivity contribution in [2.75, 3.05) is 4.72 Å². The molecule has 4 aromatic rings. The van der Waals surface area contributed by atoms with Crippen molar-refractivity contribution in [3.63, 3.8) is 0 Å². The van der Waals surface area contributed by atoms with Gasteiger partial charge in [0.15, 0.2) is 5.78 Å². The molecule has 4 rings (SSSR count). The van der Waals surface area contributed by atoms with Crippen LogP contribution in [0.5, 0.6) is 0 Å². The van der Waals surface area contributed by atoms with Crippen LogP contribution in [-0.2, 0) is 10.0 Å². The number of anilines is 1. The summed E-state index contributed by atoms with van der Waals surface area (Å²) in [4.78, 5) is 16.1. The molecule has 0 saturated carbocycles. The number of fused-ring (bicyclic) bond motifs is 1. The molecule has 146 valence electrons. The van der Waals surface area contributed by atoms with Crippen LogP contribution in [0, 0.1) is 6.92 Å². The molecule has 0 saturated heterocycles. The zero-order chi connectivity index (χ0) is 20.6. The first-order valence-electron chi connectivity index (χ1n) is 9.02. The van der Waals surface area contributed by atoms with Gasteiger partial charge in [-0.05, 0) is 49.7 Å². The van der Waals surface area contributed by atoms with Gasteiger partial charge >= 0.3 is 0 Å². The number of ketones is 1. The number of rotatable bonds is 5. The van der Waals surface area contributed by atoms with Gasteiger partial charge in [-0.2, -0.15) is 0 Å². The highest BCUT2D eigenvalue weighted by Gasteiger charge is 2.15. The number of sulfonamides is 1. The molecule has 0 atom stereocenters. The van der Waals surface area contributed by atoms with Gasteiger partial charge in [-0.15, -0.1) is 0 Å². The highest BCUT2D eigenvalue weighted by atomic mass is 32.2. The second-order valence-electron chi connectivity index (χ2n) is 6.81. The number of nitrogens with zero attached hydrogens (tertiary/aromatic N) is 2. The van der Waals surface area contributed by atoms with E-state index in [1.807, 2.05) is 48.0 Å². The zero-order valence-corrected chi connectivity index (χ0v) is 16.8. The molecule has 2 aromatic heterocycles. The number of pyridine rings is 1. The molecule has 0 unspecified atom stereocenters. The van der Waals surface area contributed by atoms with Gasteiger partial charge < -0.3 is 4.40 Å². The number of imidazole rings is 1.